The van der Waals surface area contributed by atoms with Crippen LogP contribution >= 0.6 is 24.0 Å². The van der Waals surface area contributed by atoms with Crippen molar-refractivity contribution < 1.29 is 4.74 Å². The smallest absolute Gasteiger partial charge is 0.193 e. The number of halogens is 1. The summed E-state index contributed by atoms with van der Waals surface area (Å²) in [5.74, 6) is 4.34. The molecule has 5 heteroatoms. The maximum Gasteiger partial charge on any atom is 0.193 e. The summed E-state index contributed by atoms with van der Waals surface area (Å²) in [6.07, 6.45) is 9.55. The topological polar surface area (TPSA) is 36.9 Å². The number of ether oxygens (including phenoxy) is 1. The van der Waals surface area contributed by atoms with E-state index in [2.05, 4.69) is 28.2 Å². The first-order valence-corrected chi connectivity index (χ1v) is 6.71. The Morgan fingerprint density at radius 3 is 2.74 bits per heavy atom. The van der Waals surface area contributed by atoms with Crippen LogP contribution in [0.5, 0.6) is 0 Å². The third-order valence-electron chi connectivity index (χ3n) is 3.34. The van der Waals surface area contributed by atoms with Gasteiger partial charge in [-0.15, -0.1) is 36.3 Å². The maximum absolute atomic E-state index is 5.37. The van der Waals surface area contributed by atoms with Crippen LogP contribution < -0.4 is 5.32 Å². The van der Waals surface area contributed by atoms with Gasteiger partial charge in [0.25, 0.3) is 0 Å². The monoisotopic (exact) mass is 379 g/mol. The third-order valence-corrected chi connectivity index (χ3v) is 3.34. The second kappa shape index (κ2) is 11.4. The second-order valence-corrected chi connectivity index (χ2v) is 4.69. The first-order valence-electron chi connectivity index (χ1n) is 6.71. The van der Waals surface area contributed by atoms with E-state index >= 15 is 0 Å². The molecule has 0 aromatic carbocycles. The van der Waals surface area contributed by atoms with Gasteiger partial charge in [0.15, 0.2) is 5.96 Å². The van der Waals surface area contributed by atoms with Gasteiger partial charge in [0, 0.05) is 46.8 Å². The second-order valence-electron chi connectivity index (χ2n) is 4.69. The van der Waals surface area contributed by atoms with Crippen LogP contribution in [0.3, 0.4) is 0 Å². The number of nitrogens with zero attached hydrogens (tertiary/aromatic N) is 2. The number of aliphatic imine (C=N–C) groups is 1. The van der Waals surface area contributed by atoms with Gasteiger partial charge >= 0.3 is 0 Å². The zero-order valence-electron chi connectivity index (χ0n) is 12.0. The number of hydrogen-bond acceptors (Lipinski definition) is 2. The molecule has 1 aliphatic heterocycles. The standard InChI is InChI=1S/C14H25N3O.HI/c1-4-5-9-16-14(15-2)17(3)10-6-13-7-11-18-12-8-13;/h1,13H,5-12H2,2-3H3,(H,15,16);1H. The van der Waals surface area contributed by atoms with E-state index in [1.807, 2.05) is 7.05 Å². The fourth-order valence-electron chi connectivity index (χ4n) is 2.15. The van der Waals surface area contributed by atoms with Gasteiger partial charge in [0.2, 0.25) is 0 Å². The van der Waals surface area contributed by atoms with Crippen molar-refractivity contribution in [2.24, 2.45) is 10.9 Å². The molecule has 4 nitrogen and oxygen atoms in total. The van der Waals surface area contributed by atoms with Gasteiger partial charge < -0.3 is 15.0 Å². The molecule has 0 aromatic rings. The van der Waals surface area contributed by atoms with E-state index in [4.69, 9.17) is 11.2 Å². The predicted molar refractivity (Wildman–Crippen MR) is 91.0 cm³/mol. The predicted octanol–water partition coefficient (Wildman–Crippen LogP) is 1.95. The zero-order valence-corrected chi connectivity index (χ0v) is 14.4. The Balaban J connectivity index is 0.00000324. The van der Waals surface area contributed by atoms with Crippen LogP contribution in [-0.2, 0) is 4.74 Å². The molecule has 1 rings (SSSR count). The van der Waals surface area contributed by atoms with Gasteiger partial charge in [-0.25, -0.2) is 0 Å². The summed E-state index contributed by atoms with van der Waals surface area (Å²) in [7, 11) is 3.88. The lowest BCUT2D eigenvalue weighted by Gasteiger charge is -2.26. The summed E-state index contributed by atoms with van der Waals surface area (Å²) < 4.78 is 5.37. The lowest BCUT2D eigenvalue weighted by atomic mass is 9.96. The van der Waals surface area contributed by atoms with E-state index in [9.17, 15) is 0 Å². The largest absolute Gasteiger partial charge is 0.381 e. The first-order chi connectivity index (χ1) is 8.77. The van der Waals surface area contributed by atoms with Gasteiger partial charge in [0.1, 0.15) is 0 Å². The van der Waals surface area contributed by atoms with E-state index in [-0.39, 0.29) is 24.0 Å². The fraction of sp³-hybridized carbons (Fsp3) is 0.786. The van der Waals surface area contributed by atoms with Crippen LogP contribution in [0, 0.1) is 18.3 Å². The lowest BCUT2D eigenvalue weighted by Crippen LogP contribution is -2.40. The molecule has 0 atom stereocenters. The van der Waals surface area contributed by atoms with Gasteiger partial charge in [-0.2, -0.15) is 0 Å². The van der Waals surface area contributed by atoms with E-state index < -0.39 is 0 Å². The highest BCUT2D eigenvalue weighted by Crippen LogP contribution is 2.18. The van der Waals surface area contributed by atoms with Gasteiger partial charge in [-0.3, -0.25) is 4.99 Å². The Morgan fingerprint density at radius 2 is 2.16 bits per heavy atom. The summed E-state index contributed by atoms with van der Waals surface area (Å²) in [6, 6.07) is 0. The van der Waals surface area contributed by atoms with Crippen LogP contribution in [0.4, 0.5) is 0 Å². The average Bonchev–Trinajstić information content (AvgIpc) is 2.42. The van der Waals surface area contributed by atoms with Crippen molar-refractivity contribution in [3.63, 3.8) is 0 Å². The molecular formula is C14H26IN3O. The van der Waals surface area contributed by atoms with Crippen LogP contribution in [-0.4, -0.2) is 51.3 Å². The molecule has 0 aromatic heterocycles. The SMILES string of the molecule is C#CCCNC(=NC)N(C)CCC1CCOCC1.I. The summed E-state index contributed by atoms with van der Waals surface area (Å²) in [5, 5.41) is 3.27. The Bertz CT molecular complexity index is 296. The minimum Gasteiger partial charge on any atom is -0.381 e. The number of rotatable bonds is 5. The van der Waals surface area contributed by atoms with Crippen molar-refractivity contribution in [2.45, 2.75) is 25.7 Å². The van der Waals surface area contributed by atoms with Crippen LogP contribution in [0.1, 0.15) is 25.7 Å². The molecule has 0 unspecified atom stereocenters. The average molecular weight is 379 g/mol. The van der Waals surface area contributed by atoms with Crippen molar-refractivity contribution in [3.05, 3.63) is 0 Å². The molecule has 0 spiro atoms. The summed E-state index contributed by atoms with van der Waals surface area (Å²) in [6.45, 7) is 3.65. The number of guanidine groups is 1. The fourth-order valence-corrected chi connectivity index (χ4v) is 2.15. The van der Waals surface area contributed by atoms with Crippen molar-refractivity contribution in [3.8, 4) is 12.3 Å². The van der Waals surface area contributed by atoms with Crippen LogP contribution in [0.15, 0.2) is 4.99 Å². The normalized spacial score (nSPS) is 16.4. The molecular weight excluding hydrogens is 353 g/mol. The Kier molecular flexibility index (Phi) is 11.1. The number of nitrogens with one attached hydrogen (secondary N) is 1. The highest BCUT2D eigenvalue weighted by Gasteiger charge is 2.15. The third kappa shape index (κ3) is 7.63. The highest BCUT2D eigenvalue weighted by atomic mass is 127. The quantitative estimate of drug-likeness (QED) is 0.261. The summed E-state index contributed by atoms with van der Waals surface area (Å²) >= 11 is 0. The Hall–Kier alpha value is -0.480. The molecule has 1 saturated heterocycles. The maximum atomic E-state index is 5.37. The first kappa shape index (κ1) is 18.5. The van der Waals surface area contributed by atoms with E-state index in [1.165, 1.54) is 19.3 Å². The molecule has 0 aliphatic carbocycles. The lowest BCUT2D eigenvalue weighted by molar-refractivity contribution is 0.0625. The molecule has 1 fully saturated rings. The van der Waals surface area contributed by atoms with Gasteiger partial charge in [-0.1, -0.05) is 0 Å². The number of terminal acetylenes is 1. The van der Waals surface area contributed by atoms with E-state index in [0.717, 1.165) is 44.6 Å². The molecule has 1 aliphatic rings. The zero-order chi connectivity index (χ0) is 13.2. The van der Waals surface area contributed by atoms with Crippen molar-refractivity contribution in [1.82, 2.24) is 10.2 Å². The molecule has 1 heterocycles. The van der Waals surface area contributed by atoms with E-state index in [1.54, 1.807) is 0 Å². The summed E-state index contributed by atoms with van der Waals surface area (Å²) in [5.41, 5.74) is 0. The van der Waals surface area contributed by atoms with Crippen molar-refractivity contribution in [2.75, 3.05) is 40.4 Å². The van der Waals surface area contributed by atoms with Gasteiger partial charge in [-0.05, 0) is 25.2 Å². The molecule has 0 saturated carbocycles. The highest BCUT2D eigenvalue weighted by molar-refractivity contribution is 14.0. The minimum absolute atomic E-state index is 0. The molecule has 0 amide bonds. The van der Waals surface area contributed by atoms with E-state index in [0.29, 0.717) is 0 Å². The Labute approximate surface area is 134 Å². The minimum atomic E-state index is 0. The molecule has 0 radical (unpaired) electrons. The molecule has 110 valence electrons. The number of hydrogen-bond donors (Lipinski definition) is 1. The van der Waals surface area contributed by atoms with Crippen LogP contribution in [0.2, 0.25) is 0 Å². The van der Waals surface area contributed by atoms with Crippen molar-refractivity contribution in [1.29, 1.82) is 0 Å². The van der Waals surface area contributed by atoms with Crippen LogP contribution in [0.25, 0.3) is 0 Å². The van der Waals surface area contributed by atoms with Crippen molar-refractivity contribution >= 4 is 29.9 Å². The molecule has 1 N–H and O–H groups in total. The molecule has 0 bridgehead atoms. The molecule has 19 heavy (non-hydrogen) atoms. The summed E-state index contributed by atoms with van der Waals surface area (Å²) in [4.78, 5) is 6.43. The Morgan fingerprint density at radius 1 is 1.47 bits per heavy atom. The van der Waals surface area contributed by atoms with Gasteiger partial charge in [0.05, 0.1) is 0 Å².